The van der Waals surface area contributed by atoms with E-state index in [0.29, 0.717) is 18.7 Å². The third-order valence-electron chi connectivity index (χ3n) is 2.42. The average molecular weight is 264 g/mol. The van der Waals surface area contributed by atoms with E-state index in [1.54, 1.807) is 18.5 Å². The predicted octanol–water partition coefficient (Wildman–Crippen LogP) is 0.769. The van der Waals surface area contributed by atoms with Crippen LogP contribution in [-0.4, -0.2) is 36.4 Å². The summed E-state index contributed by atoms with van der Waals surface area (Å²) in [7, 11) is 0. The topological polar surface area (TPSA) is 83.1 Å². The maximum atomic E-state index is 12.0. The highest BCUT2D eigenvalue weighted by atomic mass is 16.2. The van der Waals surface area contributed by atoms with Crippen molar-refractivity contribution < 1.29 is 9.59 Å². The number of rotatable bonds is 7. The number of aromatic nitrogens is 1. The third-order valence-corrected chi connectivity index (χ3v) is 2.42. The van der Waals surface area contributed by atoms with E-state index in [0.717, 1.165) is 18.7 Å². The molecule has 104 valence electrons. The first-order valence-corrected chi connectivity index (χ1v) is 6.35. The van der Waals surface area contributed by atoms with E-state index in [-0.39, 0.29) is 11.8 Å². The van der Waals surface area contributed by atoms with Crippen LogP contribution < -0.4 is 16.0 Å². The largest absolute Gasteiger partial charge is 0.383 e. The number of carbonyl (C=O) groups excluding carboxylic acids is 2. The number of carbonyl (C=O) groups is 2. The SMILES string of the molecule is CCCNc1cnccc1C(=O)NCCNC(C)=O. The summed E-state index contributed by atoms with van der Waals surface area (Å²) >= 11 is 0. The van der Waals surface area contributed by atoms with Gasteiger partial charge in [0.2, 0.25) is 5.91 Å². The van der Waals surface area contributed by atoms with Gasteiger partial charge in [-0.2, -0.15) is 0 Å². The second kappa shape index (κ2) is 8.07. The highest BCUT2D eigenvalue weighted by Crippen LogP contribution is 2.12. The lowest BCUT2D eigenvalue weighted by atomic mass is 10.2. The van der Waals surface area contributed by atoms with E-state index < -0.39 is 0 Å². The van der Waals surface area contributed by atoms with Gasteiger partial charge in [0, 0.05) is 32.8 Å². The molecule has 0 fully saturated rings. The molecule has 6 heteroatoms. The molecule has 0 unspecified atom stereocenters. The number of anilines is 1. The lowest BCUT2D eigenvalue weighted by molar-refractivity contribution is -0.118. The van der Waals surface area contributed by atoms with Crippen molar-refractivity contribution >= 4 is 17.5 Å². The first kappa shape index (κ1) is 14.9. The molecule has 6 nitrogen and oxygen atoms in total. The van der Waals surface area contributed by atoms with Crippen molar-refractivity contribution in [1.29, 1.82) is 0 Å². The molecule has 0 saturated carbocycles. The van der Waals surface area contributed by atoms with Gasteiger partial charge in [-0.3, -0.25) is 14.6 Å². The first-order valence-electron chi connectivity index (χ1n) is 6.35. The Hall–Kier alpha value is -2.11. The van der Waals surface area contributed by atoms with Crippen LogP contribution in [0.2, 0.25) is 0 Å². The molecule has 0 aromatic carbocycles. The van der Waals surface area contributed by atoms with Gasteiger partial charge in [-0.05, 0) is 12.5 Å². The third kappa shape index (κ3) is 5.37. The molecule has 1 aromatic rings. The molecule has 0 saturated heterocycles. The van der Waals surface area contributed by atoms with Crippen LogP contribution in [0.15, 0.2) is 18.5 Å². The summed E-state index contributed by atoms with van der Waals surface area (Å²) < 4.78 is 0. The first-order chi connectivity index (χ1) is 9.15. The van der Waals surface area contributed by atoms with Gasteiger partial charge in [-0.15, -0.1) is 0 Å². The molecule has 0 spiro atoms. The van der Waals surface area contributed by atoms with Crippen molar-refractivity contribution in [3.05, 3.63) is 24.0 Å². The second-order valence-electron chi connectivity index (χ2n) is 4.09. The van der Waals surface area contributed by atoms with Gasteiger partial charge in [-0.1, -0.05) is 6.92 Å². The smallest absolute Gasteiger partial charge is 0.253 e. The van der Waals surface area contributed by atoms with Crippen molar-refractivity contribution in [2.24, 2.45) is 0 Å². The predicted molar refractivity (Wildman–Crippen MR) is 74.0 cm³/mol. The molecule has 1 rings (SSSR count). The summed E-state index contributed by atoms with van der Waals surface area (Å²) in [4.78, 5) is 26.7. The highest BCUT2D eigenvalue weighted by molar-refractivity contribution is 5.99. The molecule has 0 radical (unpaired) electrons. The Morgan fingerprint density at radius 1 is 1.21 bits per heavy atom. The molecule has 0 atom stereocenters. The zero-order chi connectivity index (χ0) is 14.1. The molecule has 0 aliphatic heterocycles. The Kier molecular flexibility index (Phi) is 6.35. The Labute approximate surface area is 113 Å². The van der Waals surface area contributed by atoms with Crippen molar-refractivity contribution in [3.63, 3.8) is 0 Å². The standard InChI is InChI=1S/C13H20N4O2/c1-3-5-16-12-9-14-6-4-11(12)13(19)17-8-7-15-10(2)18/h4,6,9,16H,3,5,7-8H2,1-2H3,(H,15,18)(H,17,19). The lowest BCUT2D eigenvalue weighted by Crippen LogP contribution is -2.34. The fourth-order valence-corrected chi connectivity index (χ4v) is 1.50. The van der Waals surface area contributed by atoms with Gasteiger partial charge in [-0.25, -0.2) is 0 Å². The molecule has 19 heavy (non-hydrogen) atoms. The molecule has 1 heterocycles. The number of pyridine rings is 1. The molecule has 1 aromatic heterocycles. The van der Waals surface area contributed by atoms with E-state index in [1.165, 1.54) is 6.92 Å². The minimum atomic E-state index is -0.175. The summed E-state index contributed by atoms with van der Waals surface area (Å²) in [6.45, 7) is 5.10. The normalized spacial score (nSPS) is 9.79. The minimum absolute atomic E-state index is 0.108. The van der Waals surface area contributed by atoms with Crippen molar-refractivity contribution in [3.8, 4) is 0 Å². The monoisotopic (exact) mass is 264 g/mol. The van der Waals surface area contributed by atoms with Crippen LogP contribution >= 0.6 is 0 Å². The maximum absolute atomic E-state index is 12.0. The van der Waals surface area contributed by atoms with Crippen LogP contribution in [0.3, 0.4) is 0 Å². The number of hydrogen-bond acceptors (Lipinski definition) is 4. The highest BCUT2D eigenvalue weighted by Gasteiger charge is 2.10. The van der Waals surface area contributed by atoms with E-state index >= 15 is 0 Å². The molecular weight excluding hydrogens is 244 g/mol. The van der Waals surface area contributed by atoms with Gasteiger partial charge in [0.15, 0.2) is 0 Å². The molecule has 2 amide bonds. The number of hydrogen-bond donors (Lipinski definition) is 3. The summed E-state index contributed by atoms with van der Waals surface area (Å²) in [5.74, 6) is -0.283. The van der Waals surface area contributed by atoms with Gasteiger partial charge >= 0.3 is 0 Å². The summed E-state index contributed by atoms with van der Waals surface area (Å²) in [6, 6.07) is 1.67. The fourth-order valence-electron chi connectivity index (χ4n) is 1.50. The summed E-state index contributed by atoms with van der Waals surface area (Å²) in [5.41, 5.74) is 1.28. The van der Waals surface area contributed by atoms with Crippen molar-refractivity contribution in [2.75, 3.05) is 25.0 Å². The quantitative estimate of drug-likeness (QED) is 0.635. The maximum Gasteiger partial charge on any atom is 0.253 e. The van der Waals surface area contributed by atoms with Crippen molar-refractivity contribution in [2.45, 2.75) is 20.3 Å². The fraction of sp³-hybridized carbons (Fsp3) is 0.462. The molecule has 0 bridgehead atoms. The molecule has 3 N–H and O–H groups in total. The summed E-state index contributed by atoms with van der Waals surface area (Å²) in [6.07, 6.45) is 4.19. The van der Waals surface area contributed by atoms with Crippen LogP contribution in [0.5, 0.6) is 0 Å². The zero-order valence-electron chi connectivity index (χ0n) is 11.3. The van der Waals surface area contributed by atoms with E-state index in [2.05, 4.69) is 27.9 Å². The van der Waals surface area contributed by atoms with Crippen LogP contribution in [-0.2, 0) is 4.79 Å². The van der Waals surface area contributed by atoms with Gasteiger partial charge < -0.3 is 16.0 Å². The Balaban J connectivity index is 2.53. The van der Waals surface area contributed by atoms with E-state index in [9.17, 15) is 9.59 Å². The lowest BCUT2D eigenvalue weighted by Gasteiger charge is -2.11. The Bertz CT molecular complexity index is 434. The van der Waals surface area contributed by atoms with Crippen LogP contribution in [0, 0.1) is 0 Å². The second-order valence-corrected chi connectivity index (χ2v) is 4.09. The van der Waals surface area contributed by atoms with Crippen molar-refractivity contribution in [1.82, 2.24) is 15.6 Å². The van der Waals surface area contributed by atoms with Gasteiger partial charge in [0.1, 0.15) is 0 Å². The molecular formula is C13H20N4O2. The molecule has 0 aliphatic rings. The van der Waals surface area contributed by atoms with Crippen LogP contribution in [0.4, 0.5) is 5.69 Å². The summed E-state index contributed by atoms with van der Waals surface area (Å²) in [5, 5.41) is 8.53. The van der Waals surface area contributed by atoms with Gasteiger partial charge in [0.25, 0.3) is 5.91 Å². The van der Waals surface area contributed by atoms with Crippen LogP contribution in [0.1, 0.15) is 30.6 Å². The van der Waals surface area contributed by atoms with Crippen LogP contribution in [0.25, 0.3) is 0 Å². The number of nitrogens with zero attached hydrogens (tertiary/aromatic N) is 1. The zero-order valence-corrected chi connectivity index (χ0v) is 11.3. The van der Waals surface area contributed by atoms with E-state index in [1.807, 2.05) is 0 Å². The number of nitrogens with one attached hydrogen (secondary N) is 3. The average Bonchev–Trinajstić information content (AvgIpc) is 2.41. The number of amides is 2. The molecule has 0 aliphatic carbocycles. The Morgan fingerprint density at radius 3 is 2.63 bits per heavy atom. The van der Waals surface area contributed by atoms with E-state index in [4.69, 9.17) is 0 Å². The minimum Gasteiger partial charge on any atom is -0.383 e. The Morgan fingerprint density at radius 2 is 1.95 bits per heavy atom. The van der Waals surface area contributed by atoms with Gasteiger partial charge in [0.05, 0.1) is 17.4 Å².